The van der Waals surface area contributed by atoms with E-state index < -0.39 is 23.0 Å². The molecule has 0 aliphatic rings. The molecule has 2 N–H and O–H groups in total. The second-order valence-corrected chi connectivity index (χ2v) is 6.82. The number of fused-ring (bicyclic) bond motifs is 1. The molecule has 7 nitrogen and oxygen atoms in total. The highest BCUT2D eigenvalue weighted by Crippen LogP contribution is 2.19. The molecule has 0 spiro atoms. The summed E-state index contributed by atoms with van der Waals surface area (Å²) in [7, 11) is 1.59. The second-order valence-electron chi connectivity index (χ2n) is 6.39. The van der Waals surface area contributed by atoms with E-state index in [1.54, 1.807) is 31.3 Å². The van der Waals surface area contributed by atoms with Crippen LogP contribution in [0, 0.1) is 5.82 Å². The average Bonchev–Trinajstić information content (AvgIpc) is 3.01. The molecule has 4 rings (SSSR count). The van der Waals surface area contributed by atoms with Crippen LogP contribution in [0.15, 0.2) is 64.3 Å². The Balaban J connectivity index is 1.83. The van der Waals surface area contributed by atoms with Crippen molar-refractivity contribution in [1.82, 2.24) is 14.1 Å². The van der Waals surface area contributed by atoms with Crippen molar-refractivity contribution in [3.63, 3.8) is 0 Å². The Kier molecular flexibility index (Phi) is 4.56. The molecule has 0 saturated heterocycles. The highest BCUT2D eigenvalue weighted by Gasteiger charge is 2.20. The third-order valence-electron chi connectivity index (χ3n) is 4.45. The molecule has 9 heteroatoms. The fraction of sp³-hybridized carbons (Fsp3) is 0.0500. The predicted molar refractivity (Wildman–Crippen MR) is 108 cm³/mol. The zero-order valence-electron chi connectivity index (χ0n) is 15.1. The fourth-order valence-electron chi connectivity index (χ4n) is 3.10. The van der Waals surface area contributed by atoms with Crippen LogP contribution in [0.2, 0.25) is 5.02 Å². The predicted octanol–water partition coefficient (Wildman–Crippen LogP) is 3.06. The highest BCUT2D eigenvalue weighted by molar-refractivity contribution is 6.30. The minimum atomic E-state index is -0.735. The third kappa shape index (κ3) is 3.34. The van der Waals surface area contributed by atoms with Crippen LogP contribution in [0.5, 0.6) is 0 Å². The van der Waals surface area contributed by atoms with Gasteiger partial charge in [-0.15, -0.1) is 0 Å². The lowest BCUT2D eigenvalue weighted by atomic mass is 10.2. The van der Waals surface area contributed by atoms with Crippen molar-refractivity contribution >= 4 is 34.2 Å². The van der Waals surface area contributed by atoms with Crippen molar-refractivity contribution in [2.45, 2.75) is 0 Å². The molecule has 0 unspecified atom stereocenters. The molecule has 2 aromatic carbocycles. The van der Waals surface area contributed by atoms with E-state index in [9.17, 15) is 18.8 Å². The first-order chi connectivity index (χ1) is 13.8. The van der Waals surface area contributed by atoms with Crippen LogP contribution in [-0.4, -0.2) is 20.0 Å². The molecule has 0 aliphatic carbocycles. The lowest BCUT2D eigenvalue weighted by molar-refractivity contribution is 0.102. The van der Waals surface area contributed by atoms with Crippen molar-refractivity contribution in [3.05, 3.63) is 92.0 Å². The number of halogens is 2. The van der Waals surface area contributed by atoms with Gasteiger partial charge in [-0.25, -0.2) is 13.8 Å². The fourth-order valence-corrected chi connectivity index (χ4v) is 3.23. The van der Waals surface area contributed by atoms with Crippen LogP contribution in [0.25, 0.3) is 16.7 Å². The van der Waals surface area contributed by atoms with Gasteiger partial charge in [0.25, 0.3) is 11.5 Å². The number of H-pyrrole nitrogens is 1. The lowest BCUT2D eigenvalue weighted by Crippen LogP contribution is -2.34. The molecule has 146 valence electrons. The number of carbonyl (C=O) groups excluding carboxylic acids is 1. The van der Waals surface area contributed by atoms with E-state index in [4.69, 9.17) is 11.6 Å². The Labute approximate surface area is 168 Å². The van der Waals surface area contributed by atoms with Gasteiger partial charge in [0.05, 0.1) is 16.8 Å². The Morgan fingerprint density at radius 1 is 1.07 bits per heavy atom. The maximum Gasteiger partial charge on any atom is 0.333 e. The van der Waals surface area contributed by atoms with E-state index in [2.05, 4.69) is 10.3 Å². The van der Waals surface area contributed by atoms with Crippen LogP contribution in [-0.2, 0) is 7.05 Å². The van der Waals surface area contributed by atoms with Gasteiger partial charge in [0.1, 0.15) is 11.3 Å². The number of aryl methyl sites for hydroxylation is 1. The average molecular weight is 413 g/mol. The van der Waals surface area contributed by atoms with E-state index >= 15 is 0 Å². The molecule has 2 aromatic heterocycles. The molecule has 0 saturated carbocycles. The zero-order valence-corrected chi connectivity index (χ0v) is 15.8. The Hall–Kier alpha value is -3.65. The van der Waals surface area contributed by atoms with Crippen LogP contribution in [0.1, 0.15) is 10.4 Å². The normalized spacial score (nSPS) is 11.0. The van der Waals surface area contributed by atoms with E-state index in [1.807, 2.05) is 0 Å². The summed E-state index contributed by atoms with van der Waals surface area (Å²) < 4.78 is 15.5. The molecule has 2 heterocycles. The van der Waals surface area contributed by atoms with E-state index in [1.165, 1.54) is 22.9 Å². The maximum absolute atomic E-state index is 13.2. The largest absolute Gasteiger partial charge is 0.344 e. The summed E-state index contributed by atoms with van der Waals surface area (Å²) in [4.78, 5) is 40.8. The summed E-state index contributed by atoms with van der Waals surface area (Å²) >= 11 is 5.84. The number of rotatable bonds is 3. The number of aromatic amines is 1. The van der Waals surface area contributed by atoms with Crippen LogP contribution in [0.3, 0.4) is 0 Å². The van der Waals surface area contributed by atoms with Gasteiger partial charge >= 0.3 is 5.69 Å². The van der Waals surface area contributed by atoms with Gasteiger partial charge in [-0.2, -0.15) is 0 Å². The second kappa shape index (κ2) is 7.06. The highest BCUT2D eigenvalue weighted by atomic mass is 35.5. The Morgan fingerprint density at radius 2 is 1.72 bits per heavy atom. The van der Waals surface area contributed by atoms with Crippen LogP contribution in [0.4, 0.5) is 10.1 Å². The van der Waals surface area contributed by atoms with E-state index in [0.29, 0.717) is 10.7 Å². The number of hydrogen-bond donors (Lipinski definition) is 2. The minimum Gasteiger partial charge on any atom is -0.344 e. The van der Waals surface area contributed by atoms with Gasteiger partial charge in [0.2, 0.25) is 0 Å². The molecule has 0 atom stereocenters. The summed E-state index contributed by atoms with van der Waals surface area (Å²) in [5, 5.41) is 3.23. The SMILES string of the molecule is Cn1cc(C(=O)Nc2ccc(Cl)cc2)c2[nH]c(=O)n(-c3ccc(F)cc3)c(=O)c21. The zero-order chi connectivity index (χ0) is 20.7. The van der Waals surface area contributed by atoms with Gasteiger partial charge in [-0.3, -0.25) is 9.59 Å². The summed E-state index contributed by atoms with van der Waals surface area (Å²) in [6, 6.07) is 11.5. The number of amides is 1. The first-order valence-electron chi connectivity index (χ1n) is 8.52. The summed E-state index contributed by atoms with van der Waals surface area (Å²) in [6.07, 6.45) is 1.46. The number of nitrogens with one attached hydrogen (secondary N) is 2. The summed E-state index contributed by atoms with van der Waals surface area (Å²) in [6.45, 7) is 0. The number of anilines is 1. The first kappa shape index (κ1) is 18.7. The number of nitrogens with zero attached hydrogens (tertiary/aromatic N) is 2. The monoisotopic (exact) mass is 412 g/mol. The molecule has 29 heavy (non-hydrogen) atoms. The molecule has 1 amide bonds. The lowest BCUT2D eigenvalue weighted by Gasteiger charge is -2.06. The quantitative estimate of drug-likeness (QED) is 0.542. The van der Waals surface area contributed by atoms with Crippen molar-refractivity contribution < 1.29 is 9.18 Å². The van der Waals surface area contributed by atoms with Gasteiger partial charge in [-0.1, -0.05) is 11.6 Å². The third-order valence-corrected chi connectivity index (χ3v) is 4.71. The van der Waals surface area contributed by atoms with Gasteiger partial charge in [0.15, 0.2) is 0 Å². The van der Waals surface area contributed by atoms with Gasteiger partial charge in [-0.05, 0) is 48.5 Å². The topological polar surface area (TPSA) is 88.9 Å². The van der Waals surface area contributed by atoms with Crippen molar-refractivity contribution in [1.29, 1.82) is 0 Å². The van der Waals surface area contributed by atoms with Crippen molar-refractivity contribution in [3.8, 4) is 5.69 Å². The number of aromatic nitrogens is 3. The smallest absolute Gasteiger partial charge is 0.333 e. The molecule has 0 radical (unpaired) electrons. The summed E-state index contributed by atoms with van der Waals surface area (Å²) in [5.41, 5.74) is -0.240. The van der Waals surface area contributed by atoms with Crippen LogP contribution >= 0.6 is 11.6 Å². The number of hydrogen-bond acceptors (Lipinski definition) is 3. The molecular formula is C20H14ClFN4O3. The molecule has 0 fully saturated rings. The van der Waals surface area contributed by atoms with Crippen molar-refractivity contribution in [2.24, 2.45) is 7.05 Å². The molecular weight excluding hydrogens is 399 g/mol. The number of benzene rings is 2. The Bertz CT molecular complexity index is 1350. The molecule has 0 aliphatic heterocycles. The summed E-state index contributed by atoms with van der Waals surface area (Å²) in [5.74, 6) is -0.980. The van der Waals surface area contributed by atoms with Gasteiger partial charge < -0.3 is 14.9 Å². The van der Waals surface area contributed by atoms with E-state index in [0.717, 1.165) is 16.7 Å². The minimum absolute atomic E-state index is 0.118. The molecule has 0 bridgehead atoms. The maximum atomic E-state index is 13.2. The van der Waals surface area contributed by atoms with Crippen LogP contribution < -0.4 is 16.6 Å². The standard InChI is InChI=1S/C20H14ClFN4O3/c1-25-10-15(18(27)23-13-6-2-11(21)3-7-13)16-17(25)19(28)26(20(29)24-16)14-8-4-12(22)5-9-14/h2-10H,1H3,(H,23,27)(H,24,29). The van der Waals surface area contributed by atoms with Gasteiger partial charge in [0, 0.05) is 24.0 Å². The van der Waals surface area contributed by atoms with E-state index in [-0.39, 0.29) is 22.3 Å². The first-order valence-corrected chi connectivity index (χ1v) is 8.90. The molecule has 4 aromatic rings. The number of carbonyl (C=O) groups is 1. The Morgan fingerprint density at radius 3 is 2.38 bits per heavy atom. The van der Waals surface area contributed by atoms with Crippen molar-refractivity contribution in [2.75, 3.05) is 5.32 Å².